The molecule has 4 rings (SSSR count). The average molecular weight is 351 g/mol. The Kier molecular flexibility index (Phi) is 3.86. The van der Waals surface area contributed by atoms with Crippen LogP contribution in [0.3, 0.4) is 0 Å². The van der Waals surface area contributed by atoms with Gasteiger partial charge < -0.3 is 9.47 Å². The van der Waals surface area contributed by atoms with Gasteiger partial charge in [0, 0.05) is 43.9 Å². The number of anilines is 1. The summed E-state index contributed by atoms with van der Waals surface area (Å²) in [5, 5.41) is 11.9. The van der Waals surface area contributed by atoms with E-state index < -0.39 is 0 Å². The molecule has 1 aliphatic heterocycles. The molecule has 7 heteroatoms. The zero-order valence-corrected chi connectivity index (χ0v) is 15.1. The van der Waals surface area contributed by atoms with Crippen LogP contribution in [0.2, 0.25) is 0 Å². The van der Waals surface area contributed by atoms with Crippen LogP contribution in [-0.4, -0.2) is 26.0 Å². The van der Waals surface area contributed by atoms with E-state index in [1.54, 1.807) is 24.4 Å². The molecule has 26 heavy (non-hydrogen) atoms. The Balaban J connectivity index is 1.77. The maximum absolute atomic E-state index is 11.3. The zero-order valence-electron chi connectivity index (χ0n) is 15.1. The van der Waals surface area contributed by atoms with Crippen molar-refractivity contribution in [2.45, 2.75) is 32.7 Å². The molecule has 0 amide bonds. The summed E-state index contributed by atoms with van der Waals surface area (Å²) in [7, 11) is 2.08. The Hall–Kier alpha value is -2.96. The van der Waals surface area contributed by atoms with E-state index in [0.29, 0.717) is 23.4 Å². The van der Waals surface area contributed by atoms with E-state index in [0.717, 1.165) is 30.2 Å². The van der Waals surface area contributed by atoms with Crippen molar-refractivity contribution in [1.29, 1.82) is 0 Å². The van der Waals surface area contributed by atoms with E-state index in [9.17, 15) is 10.1 Å². The van der Waals surface area contributed by atoms with E-state index in [1.165, 1.54) is 5.69 Å². The molecule has 0 N–H and O–H groups in total. The fourth-order valence-corrected chi connectivity index (χ4v) is 3.83. The number of pyridine rings is 1. The van der Waals surface area contributed by atoms with Crippen molar-refractivity contribution >= 4 is 22.3 Å². The van der Waals surface area contributed by atoms with Gasteiger partial charge in [-0.3, -0.25) is 15.1 Å². The quantitative estimate of drug-likeness (QED) is 0.532. The second-order valence-corrected chi connectivity index (χ2v) is 7.01. The van der Waals surface area contributed by atoms with E-state index in [1.807, 2.05) is 6.07 Å². The van der Waals surface area contributed by atoms with Crippen molar-refractivity contribution in [2.75, 3.05) is 11.4 Å². The smallest absolute Gasteiger partial charge is 0.278 e. The zero-order chi connectivity index (χ0) is 18.4. The predicted octanol–water partition coefficient (Wildman–Crippen LogP) is 3.56. The molecule has 0 unspecified atom stereocenters. The largest absolute Gasteiger partial charge is 0.363 e. The van der Waals surface area contributed by atoms with Crippen LogP contribution in [0, 0.1) is 10.1 Å². The monoisotopic (exact) mass is 351 g/mol. The molecule has 3 aromatic rings. The third-order valence-corrected chi connectivity index (χ3v) is 5.07. The van der Waals surface area contributed by atoms with Crippen LogP contribution in [0.25, 0.3) is 10.9 Å². The fraction of sp³-hybridized carbons (Fsp3) is 0.368. The lowest BCUT2D eigenvalue weighted by molar-refractivity contribution is -0.383. The highest BCUT2D eigenvalue weighted by Crippen LogP contribution is 2.34. The first-order valence-corrected chi connectivity index (χ1v) is 8.78. The number of fused-ring (bicyclic) bond motifs is 2. The molecule has 0 saturated carbocycles. The molecule has 0 aliphatic carbocycles. The SMILES string of the molecule is CC(C)c1nc2c(n1C)CCN(c1ccc([N+](=O)[O-])c3cccnc13)C2. The molecule has 1 aliphatic rings. The molecule has 0 bridgehead atoms. The van der Waals surface area contributed by atoms with E-state index in [4.69, 9.17) is 4.98 Å². The van der Waals surface area contributed by atoms with Crippen LogP contribution < -0.4 is 4.90 Å². The van der Waals surface area contributed by atoms with Gasteiger partial charge >= 0.3 is 0 Å². The van der Waals surface area contributed by atoms with Gasteiger partial charge in [-0.25, -0.2) is 4.98 Å². The van der Waals surface area contributed by atoms with Gasteiger partial charge in [-0.05, 0) is 18.2 Å². The summed E-state index contributed by atoms with van der Waals surface area (Å²) < 4.78 is 2.21. The first-order valence-electron chi connectivity index (χ1n) is 8.78. The number of nitrogens with zero attached hydrogens (tertiary/aromatic N) is 5. The van der Waals surface area contributed by atoms with Gasteiger partial charge in [0.25, 0.3) is 5.69 Å². The van der Waals surface area contributed by atoms with Gasteiger partial charge in [0.15, 0.2) is 0 Å². The maximum Gasteiger partial charge on any atom is 0.278 e. The number of rotatable bonds is 3. The fourth-order valence-electron chi connectivity index (χ4n) is 3.83. The molecule has 0 radical (unpaired) electrons. The molecule has 0 atom stereocenters. The Morgan fingerprint density at radius 1 is 1.27 bits per heavy atom. The summed E-state index contributed by atoms with van der Waals surface area (Å²) in [5.41, 5.74) is 4.06. The first-order chi connectivity index (χ1) is 12.5. The van der Waals surface area contributed by atoms with Gasteiger partial charge in [0.1, 0.15) is 11.3 Å². The van der Waals surface area contributed by atoms with Crippen LogP contribution in [0.5, 0.6) is 0 Å². The van der Waals surface area contributed by atoms with Crippen LogP contribution in [-0.2, 0) is 20.0 Å². The molecular formula is C19H21N5O2. The van der Waals surface area contributed by atoms with Crippen molar-refractivity contribution in [3.63, 3.8) is 0 Å². The van der Waals surface area contributed by atoms with Crippen LogP contribution >= 0.6 is 0 Å². The molecule has 0 saturated heterocycles. The van der Waals surface area contributed by atoms with Crippen molar-refractivity contribution in [1.82, 2.24) is 14.5 Å². The lowest BCUT2D eigenvalue weighted by Gasteiger charge is -2.29. The predicted molar refractivity (Wildman–Crippen MR) is 100 cm³/mol. The minimum absolute atomic E-state index is 0.0921. The molecule has 1 aromatic carbocycles. The van der Waals surface area contributed by atoms with Crippen molar-refractivity contribution in [2.24, 2.45) is 7.05 Å². The number of hydrogen-bond donors (Lipinski definition) is 0. The van der Waals surface area contributed by atoms with Crippen LogP contribution in [0.1, 0.15) is 37.0 Å². The number of benzene rings is 1. The van der Waals surface area contributed by atoms with Gasteiger partial charge in [-0.15, -0.1) is 0 Å². The number of imidazole rings is 1. The molecular weight excluding hydrogens is 330 g/mol. The van der Waals surface area contributed by atoms with E-state index in [2.05, 4.69) is 35.3 Å². The highest BCUT2D eigenvalue weighted by Gasteiger charge is 2.26. The van der Waals surface area contributed by atoms with Crippen molar-refractivity contribution in [3.8, 4) is 0 Å². The molecule has 2 aromatic heterocycles. The van der Waals surface area contributed by atoms with Crippen molar-refractivity contribution < 1.29 is 4.92 Å². The first kappa shape index (κ1) is 16.5. The number of non-ortho nitro benzene ring substituents is 1. The summed E-state index contributed by atoms with van der Waals surface area (Å²) in [4.78, 5) is 22.5. The number of nitro groups is 1. The minimum atomic E-state index is -0.351. The molecule has 0 spiro atoms. The topological polar surface area (TPSA) is 77.1 Å². The van der Waals surface area contributed by atoms with Crippen LogP contribution in [0.4, 0.5) is 11.4 Å². The maximum atomic E-state index is 11.3. The highest BCUT2D eigenvalue weighted by molar-refractivity contribution is 5.97. The van der Waals surface area contributed by atoms with Gasteiger partial charge in [0.2, 0.25) is 0 Å². The second-order valence-electron chi connectivity index (χ2n) is 7.01. The Morgan fingerprint density at radius 3 is 2.81 bits per heavy atom. The van der Waals surface area contributed by atoms with Gasteiger partial charge in [0.05, 0.1) is 28.2 Å². The Morgan fingerprint density at radius 2 is 2.08 bits per heavy atom. The summed E-state index contributed by atoms with van der Waals surface area (Å²) >= 11 is 0. The summed E-state index contributed by atoms with van der Waals surface area (Å²) in [6.07, 6.45) is 2.58. The second kappa shape index (κ2) is 6.09. The summed E-state index contributed by atoms with van der Waals surface area (Å²) in [6.45, 7) is 5.84. The molecule has 0 fully saturated rings. The third-order valence-electron chi connectivity index (χ3n) is 5.07. The number of nitro benzene ring substituents is 1. The average Bonchev–Trinajstić information content (AvgIpc) is 2.97. The molecule has 7 nitrogen and oxygen atoms in total. The lowest BCUT2D eigenvalue weighted by atomic mass is 10.1. The van der Waals surface area contributed by atoms with Gasteiger partial charge in [-0.2, -0.15) is 0 Å². The third kappa shape index (κ3) is 2.51. The summed E-state index contributed by atoms with van der Waals surface area (Å²) in [5.74, 6) is 1.48. The Labute approximate surface area is 151 Å². The summed E-state index contributed by atoms with van der Waals surface area (Å²) in [6, 6.07) is 6.88. The molecule has 134 valence electrons. The van der Waals surface area contributed by atoms with Gasteiger partial charge in [-0.1, -0.05) is 13.8 Å². The van der Waals surface area contributed by atoms with E-state index >= 15 is 0 Å². The normalized spacial score (nSPS) is 14.1. The number of hydrogen-bond acceptors (Lipinski definition) is 5. The highest BCUT2D eigenvalue weighted by atomic mass is 16.6. The lowest BCUT2D eigenvalue weighted by Crippen LogP contribution is -2.31. The number of aromatic nitrogens is 3. The minimum Gasteiger partial charge on any atom is -0.363 e. The Bertz CT molecular complexity index is 1010. The standard InChI is InChI=1S/C19H21N5O2/c1-12(2)19-21-14-11-23(10-8-16(14)22(19)3)17-7-6-15(24(25)26)13-5-4-9-20-18(13)17/h4-7,9,12H,8,10-11H2,1-3H3. The molecule has 3 heterocycles. The van der Waals surface area contributed by atoms with Crippen molar-refractivity contribution in [3.05, 3.63) is 57.8 Å². The van der Waals surface area contributed by atoms with E-state index in [-0.39, 0.29) is 10.6 Å². The van der Waals surface area contributed by atoms with Crippen LogP contribution in [0.15, 0.2) is 30.5 Å².